The van der Waals surface area contributed by atoms with Crippen LogP contribution in [0.3, 0.4) is 0 Å². The zero-order valence-electron chi connectivity index (χ0n) is 18.2. The van der Waals surface area contributed by atoms with Crippen molar-refractivity contribution in [3.8, 4) is 5.75 Å². The summed E-state index contributed by atoms with van der Waals surface area (Å²) in [6.45, 7) is 7.66. The zero-order chi connectivity index (χ0) is 21.7. The molecule has 3 rings (SSSR count). The second kappa shape index (κ2) is 9.61. The molecular formula is C25H30N2O3. The van der Waals surface area contributed by atoms with Crippen molar-refractivity contribution in [3.63, 3.8) is 0 Å². The number of carbonyl (C=O) groups is 2. The van der Waals surface area contributed by atoms with E-state index in [1.54, 1.807) is 0 Å². The standard InChI is InChI=1S/C25H30N2O3/c1-5-15-30-21-13-11-20(12-14-21)22-23(25(29)27(24(22)28)16-18(2)3)26(4)17-19-9-7-6-8-10-19/h6-14,18H,5,15-17H2,1-4H3. The molecule has 2 aromatic carbocycles. The number of carbonyl (C=O) groups excluding carboxylic acids is 2. The van der Waals surface area contributed by atoms with Crippen LogP contribution in [0.25, 0.3) is 5.57 Å². The van der Waals surface area contributed by atoms with Crippen molar-refractivity contribution in [2.75, 3.05) is 20.2 Å². The number of hydrogen-bond acceptors (Lipinski definition) is 4. The van der Waals surface area contributed by atoms with E-state index in [-0.39, 0.29) is 17.7 Å². The van der Waals surface area contributed by atoms with Gasteiger partial charge in [0.2, 0.25) is 0 Å². The first-order valence-corrected chi connectivity index (χ1v) is 10.5. The third-order valence-electron chi connectivity index (χ3n) is 4.95. The fourth-order valence-corrected chi connectivity index (χ4v) is 3.58. The lowest BCUT2D eigenvalue weighted by atomic mass is 10.0. The van der Waals surface area contributed by atoms with E-state index in [0.29, 0.717) is 31.0 Å². The van der Waals surface area contributed by atoms with Gasteiger partial charge in [0.25, 0.3) is 11.8 Å². The quantitative estimate of drug-likeness (QED) is 0.581. The SMILES string of the molecule is CCCOc1ccc(C2=C(N(C)Cc3ccccc3)C(=O)N(CC(C)C)C2=O)cc1. The average Bonchev–Trinajstić information content (AvgIpc) is 2.98. The van der Waals surface area contributed by atoms with Crippen molar-refractivity contribution in [2.24, 2.45) is 5.92 Å². The maximum atomic E-state index is 13.3. The van der Waals surface area contributed by atoms with Crippen molar-refractivity contribution in [1.82, 2.24) is 9.80 Å². The summed E-state index contributed by atoms with van der Waals surface area (Å²) in [4.78, 5) is 29.8. The van der Waals surface area contributed by atoms with Gasteiger partial charge < -0.3 is 9.64 Å². The lowest BCUT2D eigenvalue weighted by molar-refractivity contribution is -0.138. The Morgan fingerprint density at radius 3 is 2.23 bits per heavy atom. The molecule has 0 saturated heterocycles. The van der Waals surface area contributed by atoms with E-state index < -0.39 is 0 Å². The molecular weight excluding hydrogens is 376 g/mol. The van der Waals surface area contributed by atoms with E-state index in [0.717, 1.165) is 23.3 Å². The summed E-state index contributed by atoms with van der Waals surface area (Å²) in [5.41, 5.74) is 2.73. The summed E-state index contributed by atoms with van der Waals surface area (Å²) in [5.74, 6) is 0.498. The Morgan fingerprint density at radius 1 is 0.967 bits per heavy atom. The highest BCUT2D eigenvalue weighted by Gasteiger charge is 2.40. The number of likely N-dealkylation sites (N-methyl/N-ethyl adjacent to an activating group) is 1. The molecule has 0 radical (unpaired) electrons. The summed E-state index contributed by atoms with van der Waals surface area (Å²) in [7, 11) is 1.87. The summed E-state index contributed by atoms with van der Waals surface area (Å²) in [5, 5.41) is 0. The molecule has 0 bridgehead atoms. The number of benzene rings is 2. The summed E-state index contributed by atoms with van der Waals surface area (Å²) in [6.07, 6.45) is 0.929. The van der Waals surface area contributed by atoms with Gasteiger partial charge in [-0.15, -0.1) is 0 Å². The molecule has 158 valence electrons. The molecule has 2 amide bonds. The van der Waals surface area contributed by atoms with Gasteiger partial charge in [-0.2, -0.15) is 0 Å². The highest BCUT2D eigenvalue weighted by Crippen LogP contribution is 2.33. The van der Waals surface area contributed by atoms with E-state index in [4.69, 9.17) is 4.74 Å². The predicted octanol–water partition coefficient (Wildman–Crippen LogP) is 4.34. The first-order chi connectivity index (χ1) is 14.4. The van der Waals surface area contributed by atoms with Crippen LogP contribution >= 0.6 is 0 Å². The minimum atomic E-state index is -0.231. The van der Waals surface area contributed by atoms with Crippen LogP contribution in [-0.4, -0.2) is 41.8 Å². The fraction of sp³-hybridized carbons (Fsp3) is 0.360. The molecule has 0 atom stereocenters. The van der Waals surface area contributed by atoms with Gasteiger partial charge in [-0.25, -0.2) is 0 Å². The summed E-state index contributed by atoms with van der Waals surface area (Å²) >= 11 is 0. The Balaban J connectivity index is 1.97. The first-order valence-electron chi connectivity index (χ1n) is 10.5. The normalized spacial score (nSPS) is 14.1. The van der Waals surface area contributed by atoms with Crippen LogP contribution in [0.1, 0.15) is 38.3 Å². The molecule has 0 unspecified atom stereocenters. The fourth-order valence-electron chi connectivity index (χ4n) is 3.58. The maximum absolute atomic E-state index is 13.3. The maximum Gasteiger partial charge on any atom is 0.277 e. The minimum Gasteiger partial charge on any atom is -0.494 e. The minimum absolute atomic E-state index is 0.197. The molecule has 0 N–H and O–H groups in total. The predicted molar refractivity (Wildman–Crippen MR) is 119 cm³/mol. The Morgan fingerprint density at radius 2 is 1.63 bits per heavy atom. The molecule has 1 aliphatic rings. The molecule has 5 heteroatoms. The van der Waals surface area contributed by atoms with Crippen molar-refractivity contribution in [1.29, 1.82) is 0 Å². The van der Waals surface area contributed by atoms with Crippen molar-refractivity contribution in [2.45, 2.75) is 33.7 Å². The molecule has 5 nitrogen and oxygen atoms in total. The van der Waals surface area contributed by atoms with E-state index in [2.05, 4.69) is 6.92 Å². The first kappa shape index (κ1) is 21.6. The summed E-state index contributed by atoms with van der Waals surface area (Å²) < 4.78 is 5.66. The van der Waals surface area contributed by atoms with Crippen LogP contribution < -0.4 is 4.74 Å². The summed E-state index contributed by atoms with van der Waals surface area (Å²) in [6, 6.07) is 17.4. The molecule has 0 aromatic heterocycles. The lowest BCUT2D eigenvalue weighted by Crippen LogP contribution is -2.36. The van der Waals surface area contributed by atoms with Crippen molar-refractivity contribution in [3.05, 3.63) is 71.4 Å². The Bertz CT molecular complexity index is 917. The molecule has 0 aliphatic carbocycles. The van der Waals surface area contributed by atoms with E-state index in [1.165, 1.54) is 4.90 Å². The third-order valence-corrected chi connectivity index (χ3v) is 4.95. The van der Waals surface area contributed by atoms with Crippen LogP contribution in [0.15, 0.2) is 60.3 Å². The van der Waals surface area contributed by atoms with Crippen LogP contribution in [0, 0.1) is 5.92 Å². The van der Waals surface area contributed by atoms with Gasteiger partial charge in [0.15, 0.2) is 0 Å². The van der Waals surface area contributed by atoms with Crippen molar-refractivity contribution >= 4 is 17.4 Å². The second-order valence-electron chi connectivity index (χ2n) is 8.05. The number of imide groups is 1. The smallest absolute Gasteiger partial charge is 0.277 e. The molecule has 0 saturated carbocycles. The number of ether oxygens (including phenoxy) is 1. The molecule has 0 spiro atoms. The Kier molecular flexibility index (Phi) is 6.93. The number of hydrogen-bond donors (Lipinski definition) is 0. The Hall–Kier alpha value is -3.08. The second-order valence-corrected chi connectivity index (χ2v) is 8.05. The zero-order valence-corrected chi connectivity index (χ0v) is 18.2. The highest BCUT2D eigenvalue weighted by molar-refractivity contribution is 6.35. The monoisotopic (exact) mass is 406 g/mol. The van der Waals surface area contributed by atoms with Crippen LogP contribution in [0.5, 0.6) is 5.75 Å². The average molecular weight is 407 g/mol. The molecule has 0 fully saturated rings. The number of nitrogens with zero attached hydrogens (tertiary/aromatic N) is 2. The van der Waals surface area contributed by atoms with Crippen molar-refractivity contribution < 1.29 is 14.3 Å². The van der Waals surface area contributed by atoms with Gasteiger partial charge in [0, 0.05) is 20.1 Å². The highest BCUT2D eigenvalue weighted by atomic mass is 16.5. The topological polar surface area (TPSA) is 49.9 Å². The lowest BCUT2D eigenvalue weighted by Gasteiger charge is -2.22. The van der Waals surface area contributed by atoms with Crippen LogP contribution in [0.2, 0.25) is 0 Å². The van der Waals surface area contributed by atoms with E-state index in [9.17, 15) is 9.59 Å². The molecule has 1 heterocycles. The Labute approximate surface area is 178 Å². The molecule has 1 aliphatic heterocycles. The van der Waals surface area contributed by atoms with Gasteiger partial charge >= 0.3 is 0 Å². The number of amides is 2. The van der Waals surface area contributed by atoms with E-state index >= 15 is 0 Å². The third kappa shape index (κ3) is 4.73. The van der Waals surface area contributed by atoms with Gasteiger partial charge in [-0.05, 0) is 35.6 Å². The largest absolute Gasteiger partial charge is 0.494 e. The van der Waals surface area contributed by atoms with Gasteiger partial charge in [-0.1, -0.05) is 63.2 Å². The van der Waals surface area contributed by atoms with Crippen LogP contribution in [0.4, 0.5) is 0 Å². The van der Waals surface area contributed by atoms with E-state index in [1.807, 2.05) is 80.4 Å². The van der Waals surface area contributed by atoms with Gasteiger partial charge in [0.1, 0.15) is 11.4 Å². The molecule has 2 aromatic rings. The van der Waals surface area contributed by atoms with Crippen LogP contribution in [-0.2, 0) is 16.1 Å². The number of rotatable bonds is 9. The molecule has 30 heavy (non-hydrogen) atoms. The van der Waals surface area contributed by atoms with Gasteiger partial charge in [0.05, 0.1) is 12.2 Å². The van der Waals surface area contributed by atoms with Gasteiger partial charge in [-0.3, -0.25) is 14.5 Å².